The summed E-state index contributed by atoms with van der Waals surface area (Å²) < 4.78 is 12.2. The Kier molecular flexibility index (Phi) is 4.31. The van der Waals surface area contributed by atoms with E-state index in [0.717, 1.165) is 0 Å². The monoisotopic (exact) mass is 339 g/mol. The summed E-state index contributed by atoms with van der Waals surface area (Å²) >= 11 is 0. The SMILES string of the molecule is CC(C)(C)OC(=O)N1CC2=C[Si](C(C)(C)C)(C(C)(C)C)O[C@@H]2C1. The Bertz CT molecular complexity index is 506. The molecule has 0 saturated carbocycles. The predicted molar refractivity (Wildman–Crippen MR) is 95.9 cm³/mol. The molecular weight excluding hydrogens is 306 g/mol. The van der Waals surface area contributed by atoms with Crippen LogP contribution in [0.4, 0.5) is 4.79 Å². The van der Waals surface area contributed by atoms with Crippen molar-refractivity contribution in [3.05, 3.63) is 11.3 Å². The van der Waals surface area contributed by atoms with Crippen molar-refractivity contribution in [3.63, 3.8) is 0 Å². The van der Waals surface area contributed by atoms with E-state index in [2.05, 4.69) is 47.2 Å². The van der Waals surface area contributed by atoms with Gasteiger partial charge < -0.3 is 14.1 Å². The fourth-order valence-electron chi connectivity index (χ4n) is 3.85. The van der Waals surface area contributed by atoms with Crippen molar-refractivity contribution in [1.29, 1.82) is 0 Å². The van der Waals surface area contributed by atoms with Gasteiger partial charge in [0.2, 0.25) is 8.32 Å². The molecule has 2 aliphatic heterocycles. The van der Waals surface area contributed by atoms with Gasteiger partial charge in [0.25, 0.3) is 0 Å². The van der Waals surface area contributed by atoms with Crippen LogP contribution < -0.4 is 0 Å². The highest BCUT2D eigenvalue weighted by molar-refractivity contribution is 6.84. The van der Waals surface area contributed by atoms with Crippen molar-refractivity contribution in [2.75, 3.05) is 13.1 Å². The molecule has 5 heteroatoms. The number of rotatable bonds is 0. The molecule has 0 bridgehead atoms. The third-order valence-corrected chi connectivity index (χ3v) is 10.7. The first-order valence-corrected chi connectivity index (χ1v) is 10.5. The van der Waals surface area contributed by atoms with Crippen LogP contribution in [0.5, 0.6) is 0 Å². The molecule has 2 aliphatic rings. The second-order valence-corrected chi connectivity index (χ2v) is 14.9. The molecule has 1 amide bonds. The summed E-state index contributed by atoms with van der Waals surface area (Å²) in [7, 11) is -2.08. The van der Waals surface area contributed by atoms with Gasteiger partial charge in [-0.2, -0.15) is 0 Å². The Hall–Kier alpha value is -0.813. The van der Waals surface area contributed by atoms with Crippen molar-refractivity contribution in [1.82, 2.24) is 4.90 Å². The first kappa shape index (κ1) is 18.5. The molecule has 0 N–H and O–H groups in total. The van der Waals surface area contributed by atoms with Gasteiger partial charge in [-0.1, -0.05) is 47.2 Å². The number of ether oxygens (including phenoxy) is 1. The number of likely N-dealkylation sites (tertiary alicyclic amines) is 1. The van der Waals surface area contributed by atoms with Crippen LogP contribution in [0.1, 0.15) is 62.3 Å². The molecule has 23 heavy (non-hydrogen) atoms. The lowest BCUT2D eigenvalue weighted by molar-refractivity contribution is 0.0272. The number of hydrogen-bond donors (Lipinski definition) is 0. The quantitative estimate of drug-likeness (QED) is 0.603. The van der Waals surface area contributed by atoms with E-state index >= 15 is 0 Å². The Balaban J connectivity index is 2.22. The number of nitrogens with zero attached hydrogens (tertiary/aromatic N) is 1. The van der Waals surface area contributed by atoms with E-state index in [1.54, 1.807) is 4.90 Å². The average Bonchev–Trinajstić information content (AvgIpc) is 2.78. The molecule has 0 aromatic carbocycles. The summed E-state index contributed by atoms with van der Waals surface area (Å²) in [5, 5.41) is 0.249. The van der Waals surface area contributed by atoms with E-state index < -0.39 is 13.9 Å². The molecule has 0 unspecified atom stereocenters. The van der Waals surface area contributed by atoms with Crippen molar-refractivity contribution in [2.24, 2.45) is 0 Å². The van der Waals surface area contributed by atoms with Crippen molar-refractivity contribution < 1.29 is 14.0 Å². The van der Waals surface area contributed by atoms with E-state index in [9.17, 15) is 4.79 Å². The van der Waals surface area contributed by atoms with Gasteiger partial charge in [0.1, 0.15) is 5.60 Å². The molecule has 0 aliphatic carbocycles. The minimum atomic E-state index is -2.08. The molecule has 2 heterocycles. The van der Waals surface area contributed by atoms with Gasteiger partial charge in [-0.25, -0.2) is 4.79 Å². The number of hydrogen-bond acceptors (Lipinski definition) is 3. The molecule has 0 aromatic heterocycles. The highest BCUT2D eigenvalue weighted by atomic mass is 28.4. The molecule has 1 saturated heterocycles. The fourth-order valence-corrected chi connectivity index (χ4v) is 9.22. The van der Waals surface area contributed by atoms with Crippen LogP contribution >= 0.6 is 0 Å². The second kappa shape index (κ2) is 5.35. The summed E-state index contributed by atoms with van der Waals surface area (Å²) in [6.45, 7) is 20.7. The van der Waals surface area contributed by atoms with Gasteiger partial charge in [0.15, 0.2) is 0 Å². The predicted octanol–water partition coefficient (Wildman–Crippen LogP) is 4.65. The first-order valence-electron chi connectivity index (χ1n) is 8.54. The molecule has 0 spiro atoms. The summed E-state index contributed by atoms with van der Waals surface area (Å²) in [4.78, 5) is 14.0. The number of carbonyl (C=O) groups excluding carboxylic acids is 1. The van der Waals surface area contributed by atoms with Gasteiger partial charge >= 0.3 is 6.09 Å². The van der Waals surface area contributed by atoms with E-state index in [1.807, 2.05) is 20.8 Å². The maximum atomic E-state index is 12.3. The van der Waals surface area contributed by atoms with Crippen LogP contribution in [-0.2, 0) is 9.16 Å². The Morgan fingerprint density at radius 1 is 1.13 bits per heavy atom. The third kappa shape index (κ3) is 3.36. The average molecular weight is 340 g/mol. The van der Waals surface area contributed by atoms with Crippen LogP contribution in [-0.4, -0.2) is 44.1 Å². The van der Waals surface area contributed by atoms with Crippen LogP contribution in [0.2, 0.25) is 10.1 Å². The molecular formula is C18H33NO3Si. The summed E-state index contributed by atoms with van der Waals surface area (Å²) in [5.41, 5.74) is 3.23. The maximum absolute atomic E-state index is 12.3. The minimum absolute atomic E-state index is 0.0487. The molecule has 0 radical (unpaired) electrons. The van der Waals surface area contributed by atoms with E-state index in [-0.39, 0.29) is 22.3 Å². The lowest BCUT2D eigenvalue weighted by Crippen LogP contribution is -2.53. The zero-order chi connectivity index (χ0) is 17.8. The normalized spacial score (nSPS) is 24.5. The fraction of sp³-hybridized carbons (Fsp3) is 0.833. The van der Waals surface area contributed by atoms with Crippen LogP contribution in [0, 0.1) is 0 Å². The summed E-state index contributed by atoms with van der Waals surface area (Å²) in [6.07, 6.45) is -0.192. The van der Waals surface area contributed by atoms with Gasteiger partial charge in [0.05, 0.1) is 12.6 Å². The lowest BCUT2D eigenvalue weighted by atomic mass is 10.2. The van der Waals surface area contributed by atoms with Crippen LogP contribution in [0.15, 0.2) is 11.3 Å². The maximum Gasteiger partial charge on any atom is 0.410 e. The van der Waals surface area contributed by atoms with Crippen molar-refractivity contribution in [2.45, 2.75) is 84.1 Å². The Morgan fingerprint density at radius 2 is 1.65 bits per heavy atom. The zero-order valence-electron chi connectivity index (χ0n) is 16.2. The van der Waals surface area contributed by atoms with Crippen LogP contribution in [0.3, 0.4) is 0 Å². The highest BCUT2D eigenvalue weighted by Crippen LogP contribution is 2.56. The number of carbonyl (C=O) groups is 1. The zero-order valence-corrected chi connectivity index (χ0v) is 17.2. The van der Waals surface area contributed by atoms with E-state index in [1.165, 1.54) is 5.57 Å². The summed E-state index contributed by atoms with van der Waals surface area (Å²) in [6, 6.07) is 0. The van der Waals surface area contributed by atoms with E-state index in [4.69, 9.17) is 9.16 Å². The van der Waals surface area contributed by atoms with E-state index in [0.29, 0.717) is 13.1 Å². The largest absolute Gasteiger partial charge is 0.444 e. The molecule has 1 fully saturated rings. The second-order valence-electron chi connectivity index (χ2n) is 9.92. The molecule has 132 valence electrons. The van der Waals surface area contributed by atoms with Gasteiger partial charge in [-0.3, -0.25) is 0 Å². The number of amides is 1. The smallest absolute Gasteiger partial charge is 0.410 e. The van der Waals surface area contributed by atoms with Gasteiger partial charge in [-0.05, 0) is 36.4 Å². The topological polar surface area (TPSA) is 38.8 Å². The van der Waals surface area contributed by atoms with Gasteiger partial charge in [0, 0.05) is 6.54 Å². The highest BCUT2D eigenvalue weighted by Gasteiger charge is 2.59. The lowest BCUT2D eigenvalue weighted by Gasteiger charge is -2.47. The van der Waals surface area contributed by atoms with Crippen molar-refractivity contribution >= 4 is 14.4 Å². The molecule has 4 nitrogen and oxygen atoms in total. The Morgan fingerprint density at radius 3 is 2.04 bits per heavy atom. The first-order chi connectivity index (χ1) is 10.2. The third-order valence-electron chi connectivity index (χ3n) is 4.77. The van der Waals surface area contributed by atoms with Crippen molar-refractivity contribution in [3.8, 4) is 0 Å². The molecule has 1 atom stereocenters. The minimum Gasteiger partial charge on any atom is -0.444 e. The summed E-state index contributed by atoms with van der Waals surface area (Å²) in [5.74, 6) is 0. The standard InChI is InChI=1S/C18H33NO3Si/c1-16(2,3)21-15(20)19-10-13-12-23(17(4,5)6,18(7,8)9)22-14(13)11-19/h12,14H,10-11H2,1-9H3/t14-/m1/s1. The number of fused-ring (bicyclic) bond motifs is 1. The molecule has 0 aromatic rings. The van der Waals surface area contributed by atoms with Gasteiger partial charge in [-0.15, -0.1) is 0 Å². The Labute approximate surface area is 142 Å². The van der Waals surface area contributed by atoms with Crippen LogP contribution in [0.25, 0.3) is 0 Å². The molecule has 2 rings (SSSR count).